The highest BCUT2D eigenvalue weighted by Crippen LogP contribution is 2.20. The molecule has 1 atom stereocenters. The fourth-order valence-corrected chi connectivity index (χ4v) is 3.45. The lowest BCUT2D eigenvalue weighted by molar-refractivity contribution is -0.136. The zero-order chi connectivity index (χ0) is 19.6. The van der Waals surface area contributed by atoms with E-state index in [0.29, 0.717) is 31.7 Å². The molecule has 1 aliphatic rings. The van der Waals surface area contributed by atoms with E-state index in [-0.39, 0.29) is 18.4 Å². The lowest BCUT2D eigenvalue weighted by atomic mass is 10.1. The molecule has 1 aromatic carbocycles. The van der Waals surface area contributed by atoms with Gasteiger partial charge >= 0.3 is 5.97 Å². The van der Waals surface area contributed by atoms with E-state index in [1.54, 1.807) is 4.68 Å². The molecule has 0 bridgehead atoms. The maximum Gasteiger partial charge on any atom is 0.303 e. The van der Waals surface area contributed by atoms with Gasteiger partial charge in [-0.15, -0.1) is 0 Å². The lowest BCUT2D eigenvalue weighted by Crippen LogP contribution is -2.44. The van der Waals surface area contributed by atoms with Gasteiger partial charge in [-0.05, 0) is 57.0 Å². The zero-order valence-electron chi connectivity index (χ0n) is 15.9. The largest absolute Gasteiger partial charge is 0.481 e. The highest BCUT2D eigenvalue weighted by atomic mass is 16.5. The molecule has 1 saturated heterocycles. The lowest BCUT2D eigenvalue weighted by Gasteiger charge is -2.31. The van der Waals surface area contributed by atoms with Gasteiger partial charge in [-0.1, -0.05) is 0 Å². The smallest absolute Gasteiger partial charge is 0.303 e. The molecule has 0 radical (unpaired) electrons. The number of aliphatic carboxylic acids is 1. The minimum Gasteiger partial charge on any atom is -0.481 e. The summed E-state index contributed by atoms with van der Waals surface area (Å²) in [7, 11) is 0. The molecule has 0 saturated carbocycles. The van der Waals surface area contributed by atoms with E-state index in [9.17, 15) is 9.59 Å². The third-order valence-electron chi connectivity index (χ3n) is 4.92. The summed E-state index contributed by atoms with van der Waals surface area (Å²) in [6, 6.07) is 7.37. The van der Waals surface area contributed by atoms with Gasteiger partial charge in [0.05, 0.1) is 24.1 Å². The maximum atomic E-state index is 12.7. The number of carbonyl (C=O) groups is 2. The fourth-order valence-electron chi connectivity index (χ4n) is 3.45. The van der Waals surface area contributed by atoms with Gasteiger partial charge in [0.25, 0.3) is 5.91 Å². The standard InChI is InChI=1S/C20H25N3O4/c1-13-12-22(10-11-27-13)20(26)16-4-6-17(7-5-16)23-15(3)18(14(2)21-23)8-9-19(24)25/h4-7,13H,8-12H2,1-3H3,(H,24,25). The van der Waals surface area contributed by atoms with Crippen molar-refractivity contribution in [1.82, 2.24) is 14.7 Å². The Morgan fingerprint density at radius 3 is 2.59 bits per heavy atom. The summed E-state index contributed by atoms with van der Waals surface area (Å²) in [5.41, 5.74) is 4.20. The van der Waals surface area contributed by atoms with Gasteiger partial charge in [-0.25, -0.2) is 4.68 Å². The molecule has 7 nitrogen and oxygen atoms in total. The fraction of sp³-hybridized carbons (Fsp3) is 0.450. The number of amides is 1. The van der Waals surface area contributed by atoms with Crippen LogP contribution >= 0.6 is 0 Å². The molecule has 1 aliphatic heterocycles. The van der Waals surface area contributed by atoms with E-state index in [0.717, 1.165) is 22.6 Å². The maximum absolute atomic E-state index is 12.7. The molecular weight excluding hydrogens is 346 g/mol. The Labute approximate surface area is 158 Å². The first-order valence-corrected chi connectivity index (χ1v) is 9.15. The summed E-state index contributed by atoms with van der Waals surface area (Å²) < 4.78 is 7.29. The van der Waals surface area contributed by atoms with Crippen molar-refractivity contribution in [3.8, 4) is 5.69 Å². The number of carboxylic acids is 1. The molecule has 1 fully saturated rings. The van der Waals surface area contributed by atoms with E-state index in [1.165, 1.54) is 0 Å². The number of nitrogens with zero attached hydrogens (tertiary/aromatic N) is 3. The first kappa shape index (κ1) is 19.1. The van der Waals surface area contributed by atoms with Crippen molar-refractivity contribution in [2.75, 3.05) is 19.7 Å². The number of hydrogen-bond acceptors (Lipinski definition) is 4. The van der Waals surface area contributed by atoms with E-state index in [2.05, 4.69) is 5.10 Å². The summed E-state index contributed by atoms with van der Waals surface area (Å²) in [5.74, 6) is -0.811. The number of morpholine rings is 1. The van der Waals surface area contributed by atoms with Crippen molar-refractivity contribution in [2.45, 2.75) is 39.7 Å². The van der Waals surface area contributed by atoms with Crippen molar-refractivity contribution in [3.63, 3.8) is 0 Å². The Morgan fingerprint density at radius 1 is 1.26 bits per heavy atom. The molecule has 144 valence electrons. The van der Waals surface area contributed by atoms with Gasteiger partial charge in [0.2, 0.25) is 0 Å². The van der Waals surface area contributed by atoms with Crippen LogP contribution in [0.2, 0.25) is 0 Å². The van der Waals surface area contributed by atoms with E-state index in [1.807, 2.05) is 49.9 Å². The van der Waals surface area contributed by atoms with Crippen LogP contribution in [0, 0.1) is 13.8 Å². The normalized spacial score (nSPS) is 17.1. The second-order valence-electron chi connectivity index (χ2n) is 6.93. The minimum atomic E-state index is -0.818. The van der Waals surface area contributed by atoms with Gasteiger partial charge in [0.1, 0.15) is 0 Å². The zero-order valence-corrected chi connectivity index (χ0v) is 15.9. The van der Waals surface area contributed by atoms with Crippen LogP contribution in [0.4, 0.5) is 0 Å². The highest BCUT2D eigenvalue weighted by Gasteiger charge is 2.22. The third-order valence-corrected chi connectivity index (χ3v) is 4.92. The monoisotopic (exact) mass is 371 g/mol. The van der Waals surface area contributed by atoms with Crippen LogP contribution in [0.15, 0.2) is 24.3 Å². The van der Waals surface area contributed by atoms with Crippen LogP contribution in [0.5, 0.6) is 0 Å². The van der Waals surface area contributed by atoms with Crippen LogP contribution in [0.1, 0.15) is 40.7 Å². The molecule has 3 rings (SSSR count). The van der Waals surface area contributed by atoms with Crippen molar-refractivity contribution >= 4 is 11.9 Å². The van der Waals surface area contributed by atoms with Gasteiger partial charge in [-0.3, -0.25) is 9.59 Å². The molecule has 1 aromatic heterocycles. The molecular formula is C20H25N3O4. The number of carbonyl (C=O) groups excluding carboxylic acids is 1. The van der Waals surface area contributed by atoms with Crippen molar-refractivity contribution in [2.24, 2.45) is 0 Å². The van der Waals surface area contributed by atoms with E-state index >= 15 is 0 Å². The summed E-state index contributed by atoms with van der Waals surface area (Å²) in [4.78, 5) is 25.3. The Kier molecular flexibility index (Phi) is 5.60. The van der Waals surface area contributed by atoms with Gasteiger partial charge in [0, 0.05) is 30.8 Å². The summed E-state index contributed by atoms with van der Waals surface area (Å²) in [6.07, 6.45) is 0.596. The Balaban J connectivity index is 1.78. The number of rotatable bonds is 5. The molecule has 1 N–H and O–H groups in total. The number of aryl methyl sites for hydroxylation is 1. The van der Waals surface area contributed by atoms with Gasteiger partial charge < -0.3 is 14.7 Å². The third kappa shape index (κ3) is 4.19. The first-order valence-electron chi connectivity index (χ1n) is 9.15. The average molecular weight is 371 g/mol. The van der Waals surface area contributed by atoms with Crippen LogP contribution < -0.4 is 0 Å². The molecule has 2 aromatic rings. The number of hydrogen-bond donors (Lipinski definition) is 1. The molecule has 1 unspecified atom stereocenters. The van der Waals surface area contributed by atoms with E-state index in [4.69, 9.17) is 9.84 Å². The Morgan fingerprint density at radius 2 is 1.96 bits per heavy atom. The molecule has 0 aliphatic carbocycles. The van der Waals surface area contributed by atoms with Crippen molar-refractivity contribution in [1.29, 1.82) is 0 Å². The average Bonchev–Trinajstić information content (AvgIpc) is 2.93. The summed E-state index contributed by atoms with van der Waals surface area (Å²) >= 11 is 0. The van der Waals surface area contributed by atoms with Crippen LogP contribution in [-0.2, 0) is 16.0 Å². The molecule has 1 amide bonds. The Hall–Kier alpha value is -2.67. The quantitative estimate of drug-likeness (QED) is 0.872. The topological polar surface area (TPSA) is 84.7 Å². The molecule has 0 spiro atoms. The minimum absolute atomic E-state index is 0.00668. The number of benzene rings is 1. The van der Waals surface area contributed by atoms with Crippen LogP contribution in [0.25, 0.3) is 5.69 Å². The van der Waals surface area contributed by atoms with Crippen molar-refractivity contribution < 1.29 is 19.4 Å². The second kappa shape index (κ2) is 7.92. The van der Waals surface area contributed by atoms with Crippen LogP contribution in [-0.4, -0.2) is 57.5 Å². The highest BCUT2D eigenvalue weighted by molar-refractivity contribution is 5.94. The first-order chi connectivity index (χ1) is 12.9. The SMILES string of the molecule is Cc1nn(-c2ccc(C(=O)N3CCOC(C)C3)cc2)c(C)c1CCC(=O)O. The predicted molar refractivity (Wildman–Crippen MR) is 100 cm³/mol. The van der Waals surface area contributed by atoms with E-state index < -0.39 is 5.97 Å². The van der Waals surface area contributed by atoms with Crippen molar-refractivity contribution in [3.05, 3.63) is 46.8 Å². The molecule has 7 heteroatoms. The summed E-state index contributed by atoms with van der Waals surface area (Å²) in [5, 5.41) is 13.5. The van der Waals surface area contributed by atoms with Gasteiger partial charge in [-0.2, -0.15) is 5.10 Å². The summed E-state index contributed by atoms with van der Waals surface area (Å²) in [6.45, 7) is 7.56. The van der Waals surface area contributed by atoms with Crippen LogP contribution in [0.3, 0.4) is 0 Å². The predicted octanol–water partition coefficient (Wildman–Crippen LogP) is 2.37. The second-order valence-corrected chi connectivity index (χ2v) is 6.93. The number of carboxylic acid groups (broad SMARTS) is 1. The number of ether oxygens (including phenoxy) is 1. The molecule has 27 heavy (non-hydrogen) atoms. The number of aromatic nitrogens is 2. The van der Waals surface area contributed by atoms with Gasteiger partial charge in [0.15, 0.2) is 0 Å². The molecule has 2 heterocycles. The Bertz CT molecular complexity index is 842.